The molecule has 1 aliphatic carbocycles. The molecule has 17 heavy (non-hydrogen) atoms. The Kier molecular flexibility index (Phi) is 7.80. The fraction of sp³-hybridized carbons (Fsp3) is 0.923. The number of hydrogen-bond donors (Lipinski definition) is 2. The summed E-state index contributed by atoms with van der Waals surface area (Å²) >= 11 is 0. The molecule has 1 amide bonds. The highest BCUT2D eigenvalue weighted by Gasteiger charge is 2.24. The molecule has 0 bridgehead atoms. The summed E-state index contributed by atoms with van der Waals surface area (Å²) in [6.45, 7) is 6.08. The number of carbonyl (C=O) groups is 1. The van der Waals surface area contributed by atoms with Gasteiger partial charge in [-0.1, -0.05) is 33.1 Å². The first kappa shape index (κ1) is 16.7. The third kappa shape index (κ3) is 5.26. The van der Waals surface area contributed by atoms with Gasteiger partial charge in [-0.3, -0.25) is 4.79 Å². The van der Waals surface area contributed by atoms with Crippen LogP contribution in [0.2, 0.25) is 0 Å². The fourth-order valence-corrected chi connectivity index (χ4v) is 2.38. The zero-order valence-corrected chi connectivity index (χ0v) is 12.1. The maximum absolute atomic E-state index is 11.8. The number of halogens is 1. The van der Waals surface area contributed by atoms with E-state index < -0.39 is 0 Å². The molecule has 1 unspecified atom stereocenters. The topological polar surface area (TPSA) is 55.1 Å². The van der Waals surface area contributed by atoms with E-state index in [4.69, 9.17) is 5.73 Å². The van der Waals surface area contributed by atoms with E-state index >= 15 is 0 Å². The van der Waals surface area contributed by atoms with Crippen molar-refractivity contribution in [3.8, 4) is 0 Å². The maximum atomic E-state index is 11.8. The van der Waals surface area contributed by atoms with Crippen molar-refractivity contribution >= 4 is 18.3 Å². The van der Waals surface area contributed by atoms with Crippen LogP contribution in [0, 0.1) is 11.8 Å². The second-order valence-electron chi connectivity index (χ2n) is 5.47. The molecule has 1 saturated carbocycles. The molecule has 4 heteroatoms. The van der Waals surface area contributed by atoms with Crippen LogP contribution in [0.5, 0.6) is 0 Å². The molecule has 2 atom stereocenters. The van der Waals surface area contributed by atoms with Gasteiger partial charge in [-0.05, 0) is 31.6 Å². The summed E-state index contributed by atoms with van der Waals surface area (Å²) in [4.78, 5) is 11.8. The predicted octanol–water partition coefficient (Wildman–Crippen LogP) is 2.48. The standard InChI is InChI=1S/C13H26N2O.ClH/c1-9(2)12(14)13(16)15-10(3)11-7-5-4-6-8-11;/h9-12H,4-8,14H2,1-3H3,(H,15,16);1H/t10?,12-;/m0./s1. The van der Waals surface area contributed by atoms with E-state index in [1.807, 2.05) is 13.8 Å². The number of carbonyl (C=O) groups excluding carboxylic acids is 1. The highest BCUT2D eigenvalue weighted by atomic mass is 35.5. The second-order valence-corrected chi connectivity index (χ2v) is 5.47. The van der Waals surface area contributed by atoms with Crippen molar-refractivity contribution in [2.24, 2.45) is 17.6 Å². The van der Waals surface area contributed by atoms with Gasteiger partial charge < -0.3 is 11.1 Å². The predicted molar refractivity (Wildman–Crippen MR) is 74.2 cm³/mol. The lowest BCUT2D eigenvalue weighted by Gasteiger charge is -2.29. The lowest BCUT2D eigenvalue weighted by Crippen LogP contribution is -2.49. The third-order valence-corrected chi connectivity index (χ3v) is 3.75. The number of nitrogens with one attached hydrogen (secondary N) is 1. The molecule has 0 aliphatic heterocycles. The van der Waals surface area contributed by atoms with Gasteiger partial charge in [-0.25, -0.2) is 0 Å². The number of rotatable bonds is 4. The van der Waals surface area contributed by atoms with Crippen LogP contribution in [0.3, 0.4) is 0 Å². The third-order valence-electron chi connectivity index (χ3n) is 3.75. The first-order chi connectivity index (χ1) is 7.52. The van der Waals surface area contributed by atoms with Crippen LogP contribution in [0.4, 0.5) is 0 Å². The molecule has 0 aromatic carbocycles. The highest BCUT2D eigenvalue weighted by molar-refractivity contribution is 5.85. The SMILES string of the molecule is CC(NC(=O)[C@@H](N)C(C)C)C1CCCCC1.Cl. The normalized spacial score (nSPS) is 20.5. The van der Waals surface area contributed by atoms with Crippen LogP contribution < -0.4 is 11.1 Å². The minimum atomic E-state index is -0.369. The van der Waals surface area contributed by atoms with Gasteiger partial charge in [0, 0.05) is 6.04 Å². The van der Waals surface area contributed by atoms with Crippen molar-refractivity contribution < 1.29 is 4.79 Å². The summed E-state index contributed by atoms with van der Waals surface area (Å²) in [6, 6.07) is -0.0939. The number of amides is 1. The molecule has 1 rings (SSSR count). The van der Waals surface area contributed by atoms with Gasteiger partial charge in [0.2, 0.25) is 5.91 Å². The van der Waals surface area contributed by atoms with Gasteiger partial charge in [0.1, 0.15) is 0 Å². The average Bonchev–Trinajstić information content (AvgIpc) is 2.28. The highest BCUT2D eigenvalue weighted by Crippen LogP contribution is 2.26. The number of nitrogens with two attached hydrogens (primary N) is 1. The lowest BCUT2D eigenvalue weighted by atomic mass is 9.84. The van der Waals surface area contributed by atoms with Crippen LogP contribution in [0.25, 0.3) is 0 Å². The Labute approximate surface area is 111 Å². The van der Waals surface area contributed by atoms with E-state index in [2.05, 4.69) is 12.2 Å². The van der Waals surface area contributed by atoms with Crippen molar-refractivity contribution in [1.29, 1.82) is 0 Å². The average molecular weight is 263 g/mol. The Hall–Kier alpha value is -0.280. The van der Waals surface area contributed by atoms with Gasteiger partial charge in [0.15, 0.2) is 0 Å². The van der Waals surface area contributed by atoms with Crippen molar-refractivity contribution in [1.82, 2.24) is 5.32 Å². The zero-order chi connectivity index (χ0) is 12.1. The Balaban J connectivity index is 0.00000256. The smallest absolute Gasteiger partial charge is 0.237 e. The lowest BCUT2D eigenvalue weighted by molar-refractivity contribution is -0.124. The maximum Gasteiger partial charge on any atom is 0.237 e. The summed E-state index contributed by atoms with van der Waals surface area (Å²) in [5.74, 6) is 0.865. The zero-order valence-electron chi connectivity index (χ0n) is 11.2. The summed E-state index contributed by atoms with van der Waals surface area (Å²) in [5.41, 5.74) is 5.83. The Morgan fingerprint density at radius 3 is 2.18 bits per heavy atom. The summed E-state index contributed by atoms with van der Waals surface area (Å²) in [6.07, 6.45) is 6.46. The molecule has 3 N–H and O–H groups in total. The first-order valence-electron chi connectivity index (χ1n) is 6.58. The summed E-state index contributed by atoms with van der Waals surface area (Å²) in [5, 5.41) is 3.07. The van der Waals surface area contributed by atoms with E-state index in [1.54, 1.807) is 0 Å². The molecule has 0 saturated heterocycles. The molecule has 0 radical (unpaired) electrons. The van der Waals surface area contributed by atoms with Crippen LogP contribution in [0.15, 0.2) is 0 Å². The van der Waals surface area contributed by atoms with E-state index in [-0.39, 0.29) is 36.3 Å². The largest absolute Gasteiger partial charge is 0.352 e. The van der Waals surface area contributed by atoms with Gasteiger partial charge in [0.25, 0.3) is 0 Å². The molecule has 0 heterocycles. The van der Waals surface area contributed by atoms with E-state index in [9.17, 15) is 4.79 Å². The van der Waals surface area contributed by atoms with Gasteiger partial charge in [-0.15, -0.1) is 12.4 Å². The van der Waals surface area contributed by atoms with Gasteiger partial charge in [0.05, 0.1) is 6.04 Å². The molecule has 0 spiro atoms. The van der Waals surface area contributed by atoms with Crippen molar-refractivity contribution in [3.05, 3.63) is 0 Å². The van der Waals surface area contributed by atoms with Crippen LogP contribution in [-0.2, 0) is 4.79 Å². The molecular weight excluding hydrogens is 236 g/mol. The molecule has 1 fully saturated rings. The molecule has 0 aromatic heterocycles. The Morgan fingerprint density at radius 2 is 1.71 bits per heavy atom. The van der Waals surface area contributed by atoms with Gasteiger partial charge >= 0.3 is 0 Å². The van der Waals surface area contributed by atoms with Crippen LogP contribution >= 0.6 is 12.4 Å². The van der Waals surface area contributed by atoms with Crippen molar-refractivity contribution in [2.75, 3.05) is 0 Å². The van der Waals surface area contributed by atoms with E-state index in [1.165, 1.54) is 32.1 Å². The van der Waals surface area contributed by atoms with Crippen LogP contribution in [-0.4, -0.2) is 18.0 Å². The molecule has 3 nitrogen and oxygen atoms in total. The van der Waals surface area contributed by atoms with Gasteiger partial charge in [-0.2, -0.15) is 0 Å². The molecule has 0 aromatic rings. The minimum Gasteiger partial charge on any atom is -0.352 e. The minimum absolute atomic E-state index is 0. The summed E-state index contributed by atoms with van der Waals surface area (Å²) in [7, 11) is 0. The molecular formula is C13H27ClN2O. The van der Waals surface area contributed by atoms with Crippen LogP contribution in [0.1, 0.15) is 52.9 Å². The van der Waals surface area contributed by atoms with E-state index in [0.717, 1.165) is 0 Å². The fourth-order valence-electron chi connectivity index (χ4n) is 2.38. The van der Waals surface area contributed by atoms with Crippen molar-refractivity contribution in [2.45, 2.75) is 65.0 Å². The quantitative estimate of drug-likeness (QED) is 0.818. The Bertz CT molecular complexity index is 227. The molecule has 1 aliphatic rings. The summed E-state index contributed by atoms with van der Waals surface area (Å²) < 4.78 is 0. The monoisotopic (exact) mass is 262 g/mol. The Morgan fingerprint density at radius 1 is 1.18 bits per heavy atom. The second kappa shape index (κ2) is 7.93. The van der Waals surface area contributed by atoms with E-state index in [0.29, 0.717) is 5.92 Å². The first-order valence-corrected chi connectivity index (χ1v) is 6.58. The number of hydrogen-bond acceptors (Lipinski definition) is 2. The van der Waals surface area contributed by atoms with Crippen molar-refractivity contribution in [3.63, 3.8) is 0 Å². The molecule has 102 valence electrons.